The smallest absolute Gasteiger partial charge is 0.406 e. The molecule has 4 nitrogen and oxygen atoms in total. The summed E-state index contributed by atoms with van der Waals surface area (Å²) >= 11 is 0. The molecular weight excluding hydrogens is 271 g/mol. The number of aryl methyl sites for hydroxylation is 1. The highest BCUT2D eigenvalue weighted by Gasteiger charge is 2.30. The molecule has 0 bridgehead atoms. The maximum Gasteiger partial charge on any atom is 0.573 e. The summed E-state index contributed by atoms with van der Waals surface area (Å²) in [7, 11) is 1.85. The van der Waals surface area contributed by atoms with Crippen molar-refractivity contribution in [2.45, 2.75) is 19.8 Å². The normalized spacial score (nSPS) is 11.4. The van der Waals surface area contributed by atoms with Crippen molar-refractivity contribution in [1.29, 1.82) is 0 Å². The van der Waals surface area contributed by atoms with Gasteiger partial charge in [-0.25, -0.2) is 0 Å². The first-order chi connectivity index (χ1) is 9.35. The number of hydrogen-bond acceptors (Lipinski definition) is 3. The summed E-state index contributed by atoms with van der Waals surface area (Å²) in [6, 6.07) is 5.61. The van der Waals surface area contributed by atoms with E-state index in [2.05, 4.69) is 15.2 Å². The summed E-state index contributed by atoms with van der Waals surface area (Å²) in [4.78, 5) is 0. The number of alkyl halides is 3. The molecule has 0 amide bonds. The van der Waals surface area contributed by atoms with Crippen LogP contribution in [0, 0.1) is 6.92 Å². The predicted octanol–water partition coefficient (Wildman–Crippen LogP) is 3.24. The van der Waals surface area contributed by atoms with Crippen LogP contribution in [0.3, 0.4) is 0 Å². The van der Waals surface area contributed by atoms with Crippen molar-refractivity contribution in [3.63, 3.8) is 0 Å². The highest BCUT2D eigenvalue weighted by Crippen LogP contribution is 2.24. The Morgan fingerprint density at radius 2 is 1.90 bits per heavy atom. The quantitative estimate of drug-likeness (QED) is 0.937. The molecule has 0 atom stereocenters. The fourth-order valence-corrected chi connectivity index (χ4v) is 1.69. The number of anilines is 1. The molecule has 0 aliphatic rings. The molecule has 0 saturated heterocycles. The first-order valence-electron chi connectivity index (χ1n) is 5.92. The van der Waals surface area contributed by atoms with Crippen LogP contribution in [0.15, 0.2) is 30.5 Å². The van der Waals surface area contributed by atoms with Crippen molar-refractivity contribution >= 4 is 5.69 Å². The lowest BCUT2D eigenvalue weighted by molar-refractivity contribution is -0.274. The highest BCUT2D eigenvalue weighted by atomic mass is 19.4. The van der Waals surface area contributed by atoms with Gasteiger partial charge in [0.1, 0.15) is 5.75 Å². The van der Waals surface area contributed by atoms with E-state index in [-0.39, 0.29) is 5.75 Å². The molecule has 1 aromatic carbocycles. The van der Waals surface area contributed by atoms with Gasteiger partial charge < -0.3 is 10.1 Å². The molecule has 1 aromatic heterocycles. The van der Waals surface area contributed by atoms with Crippen molar-refractivity contribution in [3.05, 3.63) is 41.7 Å². The van der Waals surface area contributed by atoms with Gasteiger partial charge in [-0.3, -0.25) is 4.68 Å². The Hall–Kier alpha value is -2.18. The molecule has 1 N–H and O–H groups in total. The number of ether oxygens (including phenoxy) is 1. The van der Waals surface area contributed by atoms with E-state index < -0.39 is 6.36 Å². The number of benzene rings is 1. The molecule has 0 fully saturated rings. The van der Waals surface area contributed by atoms with E-state index >= 15 is 0 Å². The fraction of sp³-hybridized carbons (Fsp3) is 0.308. The molecule has 108 valence electrons. The Kier molecular flexibility index (Phi) is 3.87. The third-order valence-corrected chi connectivity index (χ3v) is 2.91. The van der Waals surface area contributed by atoms with Crippen molar-refractivity contribution in [3.8, 4) is 5.75 Å². The van der Waals surface area contributed by atoms with Gasteiger partial charge in [0.2, 0.25) is 0 Å². The van der Waals surface area contributed by atoms with Crippen LogP contribution >= 0.6 is 0 Å². The number of nitrogens with zero attached hydrogens (tertiary/aromatic N) is 2. The van der Waals surface area contributed by atoms with Crippen LogP contribution in [0.4, 0.5) is 18.9 Å². The lowest BCUT2D eigenvalue weighted by Crippen LogP contribution is -2.17. The number of hydrogen-bond donors (Lipinski definition) is 1. The molecular formula is C13H14F3N3O. The van der Waals surface area contributed by atoms with E-state index in [1.54, 1.807) is 10.9 Å². The molecule has 7 heteroatoms. The van der Waals surface area contributed by atoms with Crippen molar-refractivity contribution < 1.29 is 17.9 Å². The summed E-state index contributed by atoms with van der Waals surface area (Å²) < 4.78 is 41.6. The first kappa shape index (κ1) is 14.2. The van der Waals surface area contributed by atoms with Gasteiger partial charge in [0.15, 0.2) is 0 Å². The van der Waals surface area contributed by atoms with E-state index in [0.29, 0.717) is 12.2 Å². The van der Waals surface area contributed by atoms with Crippen LogP contribution in [0.25, 0.3) is 0 Å². The second-order valence-electron chi connectivity index (χ2n) is 4.30. The van der Waals surface area contributed by atoms with Crippen molar-refractivity contribution in [2.75, 3.05) is 5.32 Å². The molecule has 0 aliphatic heterocycles. The lowest BCUT2D eigenvalue weighted by Gasteiger charge is -2.10. The van der Waals surface area contributed by atoms with Gasteiger partial charge in [-0.05, 0) is 31.2 Å². The Labute approximate surface area is 114 Å². The third kappa shape index (κ3) is 3.66. The summed E-state index contributed by atoms with van der Waals surface area (Å²) in [5, 5.41) is 7.23. The van der Waals surface area contributed by atoms with Gasteiger partial charge in [-0.1, -0.05) is 0 Å². The second-order valence-corrected chi connectivity index (χ2v) is 4.30. The minimum absolute atomic E-state index is 0.236. The van der Waals surface area contributed by atoms with E-state index in [0.717, 1.165) is 11.3 Å². The first-order valence-corrected chi connectivity index (χ1v) is 5.92. The minimum atomic E-state index is -4.66. The predicted molar refractivity (Wildman–Crippen MR) is 68.4 cm³/mol. The molecule has 0 unspecified atom stereocenters. The lowest BCUT2D eigenvalue weighted by atomic mass is 10.2. The van der Waals surface area contributed by atoms with Crippen LogP contribution in [0.1, 0.15) is 11.3 Å². The minimum Gasteiger partial charge on any atom is -0.406 e. The van der Waals surface area contributed by atoms with E-state index in [4.69, 9.17) is 0 Å². The number of aromatic nitrogens is 2. The molecule has 0 spiro atoms. The zero-order valence-corrected chi connectivity index (χ0v) is 11.0. The number of rotatable bonds is 4. The van der Waals surface area contributed by atoms with E-state index in [1.165, 1.54) is 24.3 Å². The molecule has 0 radical (unpaired) electrons. The zero-order valence-electron chi connectivity index (χ0n) is 11.0. The van der Waals surface area contributed by atoms with Crippen molar-refractivity contribution in [1.82, 2.24) is 9.78 Å². The maximum atomic E-state index is 12.0. The molecule has 0 aliphatic carbocycles. The highest BCUT2D eigenvalue weighted by molar-refractivity contribution is 5.46. The topological polar surface area (TPSA) is 39.1 Å². The molecule has 2 aromatic rings. The van der Waals surface area contributed by atoms with Gasteiger partial charge in [-0.2, -0.15) is 5.10 Å². The van der Waals surface area contributed by atoms with Gasteiger partial charge >= 0.3 is 6.36 Å². The van der Waals surface area contributed by atoms with Gasteiger partial charge in [0, 0.05) is 30.5 Å². The maximum absolute atomic E-state index is 12.0. The molecule has 1 heterocycles. The molecule has 2 rings (SSSR count). The van der Waals surface area contributed by atoms with Crippen LogP contribution in [-0.2, 0) is 13.6 Å². The monoisotopic (exact) mass is 285 g/mol. The van der Waals surface area contributed by atoms with E-state index in [1.807, 2.05) is 14.0 Å². The molecule has 0 saturated carbocycles. The van der Waals surface area contributed by atoms with Crippen LogP contribution < -0.4 is 10.1 Å². The summed E-state index contributed by atoms with van der Waals surface area (Å²) in [5.74, 6) is -0.236. The zero-order chi connectivity index (χ0) is 14.8. The summed E-state index contributed by atoms with van der Waals surface area (Å²) in [6.45, 7) is 2.50. The summed E-state index contributed by atoms with van der Waals surface area (Å²) in [6.07, 6.45) is -2.91. The molecule has 20 heavy (non-hydrogen) atoms. The van der Waals surface area contributed by atoms with Gasteiger partial charge in [0.25, 0.3) is 0 Å². The number of nitrogens with one attached hydrogen (secondary N) is 1. The Bertz CT molecular complexity index is 576. The summed E-state index contributed by atoms with van der Waals surface area (Å²) in [5.41, 5.74) is 2.78. The van der Waals surface area contributed by atoms with Crippen molar-refractivity contribution in [2.24, 2.45) is 7.05 Å². The third-order valence-electron chi connectivity index (χ3n) is 2.91. The average molecular weight is 285 g/mol. The Balaban J connectivity index is 1.96. The van der Waals surface area contributed by atoms with Crippen LogP contribution in [-0.4, -0.2) is 16.1 Å². The Morgan fingerprint density at radius 3 is 2.40 bits per heavy atom. The second kappa shape index (κ2) is 5.44. The van der Waals surface area contributed by atoms with Crippen LogP contribution in [0.5, 0.6) is 5.75 Å². The van der Waals surface area contributed by atoms with Gasteiger partial charge in [0.05, 0.1) is 6.20 Å². The fourth-order valence-electron chi connectivity index (χ4n) is 1.69. The Morgan fingerprint density at radius 1 is 1.25 bits per heavy atom. The number of halogens is 3. The van der Waals surface area contributed by atoms with Crippen LogP contribution in [0.2, 0.25) is 0 Å². The van der Waals surface area contributed by atoms with E-state index in [9.17, 15) is 13.2 Å². The average Bonchev–Trinajstić information content (AvgIpc) is 2.68. The van der Waals surface area contributed by atoms with Gasteiger partial charge in [-0.15, -0.1) is 13.2 Å². The standard InChI is InChI=1S/C13H14F3N3O/c1-9-10(8-18-19(9)2)7-17-11-3-5-12(6-4-11)20-13(14,15)16/h3-6,8,17H,7H2,1-2H3. The largest absolute Gasteiger partial charge is 0.573 e. The SMILES string of the molecule is Cc1c(CNc2ccc(OC(F)(F)F)cc2)cnn1C.